The van der Waals surface area contributed by atoms with Crippen molar-refractivity contribution in [2.75, 3.05) is 30.9 Å². The topological polar surface area (TPSA) is 92.2 Å². The van der Waals surface area contributed by atoms with Crippen LogP contribution in [0.15, 0.2) is 24.3 Å². The molecule has 2 rings (SSSR count). The number of halogens is 1. The summed E-state index contributed by atoms with van der Waals surface area (Å²) >= 11 is 5.87. The van der Waals surface area contributed by atoms with Gasteiger partial charge in [-0.3, -0.25) is 0 Å². The average Bonchev–Trinajstić information content (AvgIpc) is 2.48. The minimum absolute atomic E-state index is 0.0903. The van der Waals surface area contributed by atoms with E-state index in [-0.39, 0.29) is 11.9 Å². The van der Waals surface area contributed by atoms with Gasteiger partial charge < -0.3 is 20.5 Å². The fraction of sp³-hybridized carbons (Fsp3) is 0.308. The first-order chi connectivity index (χ1) is 10.2. The number of methoxy groups -OCH3 is 1. The summed E-state index contributed by atoms with van der Waals surface area (Å²) in [5.41, 5.74) is 0.805. The lowest BCUT2D eigenvalue weighted by atomic mass is 10.3. The van der Waals surface area contributed by atoms with E-state index in [2.05, 4.69) is 25.6 Å². The SMILES string of the molecule is COc1ccc(Nc2nc(Cl)nc(NCCCO)n2)cc1. The van der Waals surface area contributed by atoms with Crippen LogP contribution in [-0.4, -0.2) is 40.3 Å². The molecule has 8 heteroatoms. The number of nitrogens with one attached hydrogen (secondary N) is 2. The lowest BCUT2D eigenvalue weighted by Gasteiger charge is -2.08. The van der Waals surface area contributed by atoms with Crippen molar-refractivity contribution < 1.29 is 9.84 Å². The molecule has 0 spiro atoms. The smallest absolute Gasteiger partial charge is 0.233 e. The standard InChI is InChI=1S/C13H16ClN5O2/c1-21-10-5-3-9(4-6-10)16-13-18-11(14)17-12(19-13)15-7-2-8-20/h3-6,20H,2,7-8H2,1H3,(H2,15,16,17,18,19). The van der Waals surface area contributed by atoms with Crippen LogP contribution in [0.5, 0.6) is 5.75 Å². The Hall–Kier alpha value is -2.12. The third kappa shape index (κ3) is 4.73. The van der Waals surface area contributed by atoms with Crippen molar-refractivity contribution in [3.05, 3.63) is 29.5 Å². The van der Waals surface area contributed by atoms with Gasteiger partial charge in [-0.2, -0.15) is 15.0 Å². The van der Waals surface area contributed by atoms with Gasteiger partial charge >= 0.3 is 0 Å². The first kappa shape index (κ1) is 15.3. The molecule has 0 aliphatic rings. The molecule has 1 aromatic carbocycles. The number of aliphatic hydroxyl groups is 1. The summed E-state index contributed by atoms with van der Waals surface area (Å²) in [7, 11) is 1.61. The Morgan fingerprint density at radius 3 is 2.52 bits per heavy atom. The van der Waals surface area contributed by atoms with Crippen molar-refractivity contribution in [3.63, 3.8) is 0 Å². The molecule has 21 heavy (non-hydrogen) atoms. The first-order valence-corrected chi connectivity index (χ1v) is 6.76. The molecule has 7 nitrogen and oxygen atoms in total. The number of aromatic nitrogens is 3. The van der Waals surface area contributed by atoms with E-state index in [4.69, 9.17) is 21.4 Å². The maximum absolute atomic E-state index is 8.75. The molecule has 0 atom stereocenters. The predicted molar refractivity (Wildman–Crippen MR) is 81.3 cm³/mol. The number of hydrogen-bond donors (Lipinski definition) is 3. The van der Waals surface area contributed by atoms with Crippen molar-refractivity contribution >= 4 is 29.2 Å². The normalized spacial score (nSPS) is 10.2. The van der Waals surface area contributed by atoms with Gasteiger partial charge in [0.2, 0.25) is 17.2 Å². The zero-order valence-electron chi connectivity index (χ0n) is 11.5. The summed E-state index contributed by atoms with van der Waals surface area (Å²) in [4.78, 5) is 12.2. The van der Waals surface area contributed by atoms with Crippen LogP contribution in [0.4, 0.5) is 17.6 Å². The number of aliphatic hydroxyl groups excluding tert-OH is 1. The third-order valence-corrected chi connectivity index (χ3v) is 2.74. The highest BCUT2D eigenvalue weighted by atomic mass is 35.5. The zero-order chi connectivity index (χ0) is 15.1. The molecule has 0 radical (unpaired) electrons. The fourth-order valence-corrected chi connectivity index (χ4v) is 1.73. The van der Waals surface area contributed by atoms with Crippen molar-refractivity contribution in [2.45, 2.75) is 6.42 Å². The summed E-state index contributed by atoms with van der Waals surface area (Å²) in [5, 5.41) is 14.8. The second-order valence-corrected chi connectivity index (χ2v) is 4.45. The molecular weight excluding hydrogens is 294 g/mol. The monoisotopic (exact) mass is 309 g/mol. The summed E-state index contributed by atoms with van der Waals surface area (Å²) in [5.74, 6) is 1.46. The Kier molecular flexibility index (Phi) is 5.53. The maximum atomic E-state index is 8.75. The lowest BCUT2D eigenvalue weighted by Crippen LogP contribution is -2.09. The molecule has 1 aromatic heterocycles. The summed E-state index contributed by atoms with van der Waals surface area (Å²) in [6.45, 7) is 0.654. The van der Waals surface area contributed by atoms with Crippen molar-refractivity contribution in [3.8, 4) is 5.75 Å². The number of ether oxygens (including phenoxy) is 1. The fourth-order valence-electron chi connectivity index (χ4n) is 1.57. The number of benzene rings is 1. The highest BCUT2D eigenvalue weighted by Gasteiger charge is 2.05. The van der Waals surface area contributed by atoms with Gasteiger partial charge in [0.1, 0.15) is 5.75 Å². The van der Waals surface area contributed by atoms with Crippen LogP contribution in [0.3, 0.4) is 0 Å². The van der Waals surface area contributed by atoms with Crippen LogP contribution in [0.1, 0.15) is 6.42 Å². The molecule has 112 valence electrons. The van der Waals surface area contributed by atoms with E-state index < -0.39 is 0 Å². The molecule has 0 bridgehead atoms. The van der Waals surface area contributed by atoms with Crippen LogP contribution in [-0.2, 0) is 0 Å². The van der Waals surface area contributed by atoms with E-state index in [1.807, 2.05) is 24.3 Å². The number of hydrogen-bond acceptors (Lipinski definition) is 7. The lowest BCUT2D eigenvalue weighted by molar-refractivity contribution is 0.292. The molecular formula is C13H16ClN5O2. The Morgan fingerprint density at radius 2 is 1.86 bits per heavy atom. The number of rotatable bonds is 7. The Morgan fingerprint density at radius 1 is 1.14 bits per heavy atom. The van der Waals surface area contributed by atoms with Crippen LogP contribution < -0.4 is 15.4 Å². The van der Waals surface area contributed by atoms with E-state index in [0.717, 1.165) is 11.4 Å². The van der Waals surface area contributed by atoms with Crippen molar-refractivity contribution in [2.24, 2.45) is 0 Å². The Bertz CT molecular complexity index is 579. The minimum Gasteiger partial charge on any atom is -0.497 e. The second-order valence-electron chi connectivity index (χ2n) is 4.11. The second kappa shape index (κ2) is 7.61. The molecule has 3 N–H and O–H groups in total. The Balaban J connectivity index is 2.07. The van der Waals surface area contributed by atoms with Crippen LogP contribution >= 0.6 is 11.6 Å². The van der Waals surface area contributed by atoms with Crippen LogP contribution in [0.2, 0.25) is 5.28 Å². The zero-order valence-corrected chi connectivity index (χ0v) is 12.3. The molecule has 0 aliphatic heterocycles. The van der Waals surface area contributed by atoms with Gasteiger partial charge in [0.25, 0.3) is 0 Å². The predicted octanol–water partition coefficient (Wildman–Crippen LogP) is 2.07. The third-order valence-electron chi connectivity index (χ3n) is 2.57. The Labute approximate surface area is 127 Å². The van der Waals surface area contributed by atoms with Gasteiger partial charge in [0, 0.05) is 18.8 Å². The quantitative estimate of drug-likeness (QED) is 0.674. The largest absolute Gasteiger partial charge is 0.497 e. The number of nitrogens with zero attached hydrogens (tertiary/aromatic N) is 3. The molecule has 0 saturated carbocycles. The molecule has 0 fully saturated rings. The van der Waals surface area contributed by atoms with E-state index in [1.54, 1.807) is 7.11 Å². The van der Waals surface area contributed by atoms with E-state index in [1.165, 1.54) is 0 Å². The molecule has 0 saturated heterocycles. The van der Waals surface area contributed by atoms with Gasteiger partial charge in [0.05, 0.1) is 7.11 Å². The van der Waals surface area contributed by atoms with Gasteiger partial charge in [-0.05, 0) is 42.3 Å². The van der Waals surface area contributed by atoms with Crippen molar-refractivity contribution in [1.29, 1.82) is 0 Å². The van der Waals surface area contributed by atoms with Crippen LogP contribution in [0, 0.1) is 0 Å². The van der Waals surface area contributed by atoms with Gasteiger partial charge in [-0.1, -0.05) is 0 Å². The van der Waals surface area contributed by atoms with Gasteiger partial charge in [-0.25, -0.2) is 0 Å². The van der Waals surface area contributed by atoms with Gasteiger partial charge in [-0.15, -0.1) is 0 Å². The average molecular weight is 310 g/mol. The molecule has 0 amide bonds. The minimum atomic E-state index is 0.0903. The van der Waals surface area contributed by atoms with Crippen LogP contribution in [0.25, 0.3) is 0 Å². The van der Waals surface area contributed by atoms with E-state index >= 15 is 0 Å². The molecule has 2 aromatic rings. The maximum Gasteiger partial charge on any atom is 0.233 e. The number of anilines is 3. The van der Waals surface area contributed by atoms with Gasteiger partial charge in [0.15, 0.2) is 0 Å². The van der Waals surface area contributed by atoms with E-state index in [0.29, 0.717) is 24.9 Å². The first-order valence-electron chi connectivity index (χ1n) is 6.38. The highest BCUT2D eigenvalue weighted by Crippen LogP contribution is 2.19. The molecule has 1 heterocycles. The summed E-state index contributed by atoms with van der Waals surface area (Å²) in [6, 6.07) is 7.34. The summed E-state index contributed by atoms with van der Waals surface area (Å²) < 4.78 is 5.09. The van der Waals surface area contributed by atoms with E-state index in [9.17, 15) is 0 Å². The highest BCUT2D eigenvalue weighted by molar-refractivity contribution is 6.28. The molecule has 0 aliphatic carbocycles. The summed E-state index contributed by atoms with van der Waals surface area (Å²) in [6.07, 6.45) is 0.602. The molecule has 0 unspecified atom stereocenters. The van der Waals surface area contributed by atoms with Crippen molar-refractivity contribution in [1.82, 2.24) is 15.0 Å².